The highest BCUT2D eigenvalue weighted by Crippen LogP contribution is 2.31. The number of ether oxygens (including phenoxy) is 1. The van der Waals surface area contributed by atoms with E-state index in [1.54, 1.807) is 4.90 Å². The van der Waals surface area contributed by atoms with E-state index in [0.717, 1.165) is 12.1 Å². The molecule has 1 aliphatic rings. The number of nitrogens with zero attached hydrogens (tertiary/aromatic N) is 1. The number of para-hydroxylation sites is 2. The SMILES string of the molecule is CCC(C)C(O)CN1C(=O)CCOc2ccccc21. The van der Waals surface area contributed by atoms with E-state index >= 15 is 0 Å². The van der Waals surface area contributed by atoms with E-state index in [1.165, 1.54) is 0 Å². The summed E-state index contributed by atoms with van der Waals surface area (Å²) >= 11 is 0. The van der Waals surface area contributed by atoms with Gasteiger partial charge in [-0.2, -0.15) is 0 Å². The van der Waals surface area contributed by atoms with Crippen molar-refractivity contribution in [3.8, 4) is 5.75 Å². The molecule has 2 rings (SSSR count). The van der Waals surface area contributed by atoms with Gasteiger partial charge in [0.25, 0.3) is 0 Å². The molecule has 0 fully saturated rings. The number of aliphatic hydroxyl groups is 1. The van der Waals surface area contributed by atoms with E-state index in [0.29, 0.717) is 25.3 Å². The minimum atomic E-state index is -0.514. The van der Waals surface area contributed by atoms with Crippen LogP contribution in [0.25, 0.3) is 0 Å². The van der Waals surface area contributed by atoms with Gasteiger partial charge in [-0.1, -0.05) is 32.4 Å². The number of aliphatic hydroxyl groups excluding tert-OH is 1. The van der Waals surface area contributed by atoms with E-state index < -0.39 is 6.10 Å². The van der Waals surface area contributed by atoms with Crippen LogP contribution in [0.4, 0.5) is 5.69 Å². The van der Waals surface area contributed by atoms with E-state index in [1.807, 2.05) is 38.1 Å². The highest BCUT2D eigenvalue weighted by molar-refractivity contribution is 5.95. The second-order valence-electron chi connectivity index (χ2n) is 5.02. The number of fused-ring (bicyclic) bond motifs is 1. The Bertz CT molecular complexity index is 447. The molecule has 1 N–H and O–H groups in total. The zero-order valence-electron chi connectivity index (χ0n) is 11.5. The van der Waals surface area contributed by atoms with E-state index in [4.69, 9.17) is 4.74 Å². The molecule has 2 atom stereocenters. The van der Waals surface area contributed by atoms with Gasteiger partial charge in [0.05, 0.1) is 31.4 Å². The molecule has 0 aliphatic carbocycles. The van der Waals surface area contributed by atoms with Gasteiger partial charge >= 0.3 is 0 Å². The number of benzene rings is 1. The van der Waals surface area contributed by atoms with Gasteiger partial charge in [-0.25, -0.2) is 0 Å². The van der Waals surface area contributed by atoms with Crippen molar-refractivity contribution in [1.82, 2.24) is 0 Å². The Labute approximate surface area is 114 Å². The van der Waals surface area contributed by atoms with Crippen LogP contribution in [0.3, 0.4) is 0 Å². The molecule has 0 radical (unpaired) electrons. The zero-order valence-corrected chi connectivity index (χ0v) is 11.5. The fraction of sp³-hybridized carbons (Fsp3) is 0.533. The molecule has 19 heavy (non-hydrogen) atoms. The van der Waals surface area contributed by atoms with E-state index in [2.05, 4.69) is 0 Å². The predicted octanol–water partition coefficient (Wildman–Crippen LogP) is 2.21. The molecule has 1 aromatic carbocycles. The molecule has 104 valence electrons. The molecule has 4 heteroatoms. The van der Waals surface area contributed by atoms with Crippen molar-refractivity contribution in [2.45, 2.75) is 32.8 Å². The van der Waals surface area contributed by atoms with Gasteiger partial charge in [0.1, 0.15) is 5.75 Å². The Balaban J connectivity index is 2.24. The molecule has 1 heterocycles. The minimum absolute atomic E-state index is 0.00676. The lowest BCUT2D eigenvalue weighted by Gasteiger charge is -2.27. The number of carbonyl (C=O) groups is 1. The Kier molecular flexibility index (Phi) is 4.43. The summed E-state index contributed by atoms with van der Waals surface area (Å²) < 4.78 is 5.57. The van der Waals surface area contributed by atoms with Crippen LogP contribution in [0.1, 0.15) is 26.7 Å². The van der Waals surface area contributed by atoms with Crippen LogP contribution in [0, 0.1) is 5.92 Å². The molecule has 4 nitrogen and oxygen atoms in total. The standard InChI is InChI=1S/C15H21NO3/c1-3-11(2)13(17)10-16-12-6-4-5-7-14(12)19-9-8-15(16)18/h4-7,11,13,17H,3,8-10H2,1-2H3. The van der Waals surface area contributed by atoms with Gasteiger partial charge in [0, 0.05) is 0 Å². The maximum Gasteiger partial charge on any atom is 0.230 e. The summed E-state index contributed by atoms with van der Waals surface area (Å²) in [5.74, 6) is 0.890. The summed E-state index contributed by atoms with van der Waals surface area (Å²) in [6, 6.07) is 7.49. The maximum atomic E-state index is 12.2. The second-order valence-corrected chi connectivity index (χ2v) is 5.02. The number of hydrogen-bond donors (Lipinski definition) is 1. The number of hydrogen-bond acceptors (Lipinski definition) is 3. The monoisotopic (exact) mass is 263 g/mol. The molecule has 0 bridgehead atoms. The van der Waals surface area contributed by atoms with Gasteiger partial charge in [-0.3, -0.25) is 4.79 Å². The number of carbonyl (C=O) groups excluding carboxylic acids is 1. The van der Waals surface area contributed by atoms with Crippen molar-refractivity contribution in [2.75, 3.05) is 18.1 Å². The van der Waals surface area contributed by atoms with Crippen LogP contribution < -0.4 is 9.64 Å². The lowest BCUT2D eigenvalue weighted by Crippen LogP contribution is -2.39. The van der Waals surface area contributed by atoms with Crippen LogP contribution in [0.5, 0.6) is 5.75 Å². The van der Waals surface area contributed by atoms with Crippen LogP contribution in [-0.4, -0.2) is 30.3 Å². The number of rotatable bonds is 4. The van der Waals surface area contributed by atoms with Crippen molar-refractivity contribution in [3.63, 3.8) is 0 Å². The largest absolute Gasteiger partial charge is 0.491 e. The Morgan fingerprint density at radius 1 is 1.42 bits per heavy atom. The van der Waals surface area contributed by atoms with Gasteiger partial charge in [0.2, 0.25) is 5.91 Å². The average Bonchev–Trinajstić information content (AvgIpc) is 2.58. The van der Waals surface area contributed by atoms with E-state index in [9.17, 15) is 9.90 Å². The molecule has 1 aromatic rings. The summed E-state index contributed by atoms with van der Waals surface area (Å²) in [6.07, 6.45) is 0.726. The fourth-order valence-corrected chi connectivity index (χ4v) is 2.16. The molecular weight excluding hydrogens is 242 g/mol. The van der Waals surface area contributed by atoms with Gasteiger partial charge in [0.15, 0.2) is 0 Å². The lowest BCUT2D eigenvalue weighted by atomic mass is 10.0. The summed E-state index contributed by atoms with van der Waals surface area (Å²) in [6.45, 7) is 4.75. The third-order valence-electron chi connectivity index (χ3n) is 3.70. The third-order valence-corrected chi connectivity index (χ3v) is 3.70. The summed E-state index contributed by atoms with van der Waals surface area (Å²) in [5.41, 5.74) is 0.757. The van der Waals surface area contributed by atoms with Crippen LogP contribution >= 0.6 is 0 Å². The van der Waals surface area contributed by atoms with Crippen molar-refractivity contribution in [2.24, 2.45) is 5.92 Å². The highest BCUT2D eigenvalue weighted by atomic mass is 16.5. The lowest BCUT2D eigenvalue weighted by molar-refractivity contribution is -0.119. The first-order valence-corrected chi connectivity index (χ1v) is 6.83. The van der Waals surface area contributed by atoms with Gasteiger partial charge < -0.3 is 14.7 Å². The topological polar surface area (TPSA) is 49.8 Å². The summed E-state index contributed by atoms with van der Waals surface area (Å²) in [7, 11) is 0. The van der Waals surface area contributed by atoms with Crippen LogP contribution in [-0.2, 0) is 4.79 Å². The minimum Gasteiger partial charge on any atom is -0.491 e. The first-order chi connectivity index (χ1) is 9.13. The normalized spacial score (nSPS) is 18.3. The maximum absolute atomic E-state index is 12.2. The van der Waals surface area contributed by atoms with Gasteiger partial charge in [-0.15, -0.1) is 0 Å². The molecular formula is C15H21NO3. The fourth-order valence-electron chi connectivity index (χ4n) is 2.16. The first kappa shape index (κ1) is 13.9. The number of anilines is 1. The van der Waals surface area contributed by atoms with E-state index in [-0.39, 0.29) is 11.8 Å². The molecule has 0 saturated carbocycles. The molecule has 1 aliphatic heterocycles. The Morgan fingerprint density at radius 2 is 2.16 bits per heavy atom. The molecule has 0 spiro atoms. The molecule has 1 amide bonds. The quantitative estimate of drug-likeness (QED) is 0.906. The average molecular weight is 263 g/mol. The Hall–Kier alpha value is -1.55. The third kappa shape index (κ3) is 3.07. The molecule has 0 saturated heterocycles. The van der Waals surface area contributed by atoms with Crippen LogP contribution in [0.15, 0.2) is 24.3 Å². The van der Waals surface area contributed by atoms with Crippen molar-refractivity contribution < 1.29 is 14.6 Å². The number of β-amino-alcohol motifs (C(OH)–C–C–N with tert-alkyl or cyclic N) is 1. The van der Waals surface area contributed by atoms with Crippen molar-refractivity contribution in [3.05, 3.63) is 24.3 Å². The predicted molar refractivity (Wildman–Crippen MR) is 74.4 cm³/mol. The zero-order chi connectivity index (χ0) is 13.8. The summed E-state index contributed by atoms with van der Waals surface area (Å²) in [4.78, 5) is 13.8. The smallest absolute Gasteiger partial charge is 0.230 e. The first-order valence-electron chi connectivity index (χ1n) is 6.83. The second kappa shape index (κ2) is 6.06. The highest BCUT2D eigenvalue weighted by Gasteiger charge is 2.26. The number of amides is 1. The van der Waals surface area contributed by atoms with Crippen LogP contribution in [0.2, 0.25) is 0 Å². The summed E-state index contributed by atoms with van der Waals surface area (Å²) in [5, 5.41) is 10.2. The molecule has 0 aromatic heterocycles. The van der Waals surface area contributed by atoms with Crippen molar-refractivity contribution in [1.29, 1.82) is 0 Å². The van der Waals surface area contributed by atoms with Gasteiger partial charge in [-0.05, 0) is 18.1 Å². The van der Waals surface area contributed by atoms with Crippen molar-refractivity contribution >= 4 is 11.6 Å². The Morgan fingerprint density at radius 3 is 2.89 bits per heavy atom. The molecule has 2 unspecified atom stereocenters.